The summed E-state index contributed by atoms with van der Waals surface area (Å²) in [6.07, 6.45) is 1.83. The predicted molar refractivity (Wildman–Crippen MR) is 134 cm³/mol. The van der Waals surface area contributed by atoms with E-state index in [1.807, 2.05) is 32.9 Å². The van der Waals surface area contributed by atoms with Crippen LogP contribution in [0.1, 0.15) is 37.0 Å². The van der Waals surface area contributed by atoms with Crippen LogP contribution in [0.3, 0.4) is 0 Å². The van der Waals surface area contributed by atoms with Gasteiger partial charge in [0.1, 0.15) is 18.3 Å². The van der Waals surface area contributed by atoms with Crippen LogP contribution in [0.4, 0.5) is 5.69 Å². The molecule has 0 aliphatic heterocycles. The monoisotopic (exact) mass is 489 g/mol. The predicted octanol–water partition coefficient (Wildman–Crippen LogP) is 3.02. The molecule has 0 aliphatic carbocycles. The Hall–Kier alpha value is -3.07. The van der Waals surface area contributed by atoms with E-state index < -0.39 is 28.5 Å². The molecule has 0 aliphatic rings. The minimum atomic E-state index is -3.75. The van der Waals surface area contributed by atoms with Gasteiger partial charge in [0.25, 0.3) is 0 Å². The molecular weight excluding hydrogens is 454 g/mol. The molecule has 0 fully saturated rings. The number of benzene rings is 2. The number of nitrogens with zero attached hydrogens (tertiary/aromatic N) is 2. The molecule has 9 heteroatoms. The number of anilines is 1. The Kier molecular flexibility index (Phi) is 9.49. The van der Waals surface area contributed by atoms with Gasteiger partial charge in [-0.2, -0.15) is 0 Å². The number of nitrogens with one attached hydrogen (secondary N) is 1. The SMILES string of the molecule is CCCNC(=O)[C@H](C)N(Cc1cccc(OC)c1)C(=O)CN(c1ccc(C)c(C)c1)S(C)(=O)=O. The Labute approximate surface area is 202 Å². The topological polar surface area (TPSA) is 96.0 Å². The number of hydrogen-bond acceptors (Lipinski definition) is 5. The molecule has 0 heterocycles. The van der Waals surface area contributed by atoms with Gasteiger partial charge in [0.2, 0.25) is 21.8 Å². The van der Waals surface area contributed by atoms with Crippen LogP contribution in [0.15, 0.2) is 42.5 Å². The van der Waals surface area contributed by atoms with Crippen LogP contribution in [-0.2, 0) is 26.2 Å². The number of rotatable bonds is 11. The van der Waals surface area contributed by atoms with Crippen molar-refractivity contribution in [3.05, 3.63) is 59.2 Å². The van der Waals surface area contributed by atoms with Crippen LogP contribution >= 0.6 is 0 Å². The summed E-state index contributed by atoms with van der Waals surface area (Å²) < 4.78 is 31.6. The molecule has 186 valence electrons. The summed E-state index contributed by atoms with van der Waals surface area (Å²) in [7, 11) is -2.20. The summed E-state index contributed by atoms with van der Waals surface area (Å²) in [5.41, 5.74) is 3.10. The van der Waals surface area contributed by atoms with Crippen molar-refractivity contribution < 1.29 is 22.7 Å². The largest absolute Gasteiger partial charge is 0.497 e. The Balaban J connectivity index is 2.40. The molecule has 0 aromatic heterocycles. The standard InChI is InChI=1S/C25H35N3O5S/c1-7-13-26-25(30)20(4)27(16-21-9-8-10-23(15-21)33-5)24(29)17-28(34(6,31)32)22-12-11-18(2)19(3)14-22/h8-12,14-15,20H,7,13,16-17H2,1-6H3,(H,26,30)/t20-/m0/s1. The quantitative estimate of drug-likeness (QED) is 0.523. The average Bonchev–Trinajstić information content (AvgIpc) is 2.80. The molecule has 0 spiro atoms. The van der Waals surface area contributed by atoms with Gasteiger partial charge in [-0.3, -0.25) is 13.9 Å². The third-order valence-electron chi connectivity index (χ3n) is 5.66. The van der Waals surface area contributed by atoms with Crippen LogP contribution in [0, 0.1) is 13.8 Å². The first-order valence-corrected chi connectivity index (χ1v) is 13.1. The Morgan fingerprint density at radius 3 is 2.38 bits per heavy atom. The second-order valence-corrected chi connectivity index (χ2v) is 10.3. The van der Waals surface area contributed by atoms with Crippen LogP contribution in [0.25, 0.3) is 0 Å². The normalized spacial score (nSPS) is 12.1. The van der Waals surface area contributed by atoms with E-state index in [9.17, 15) is 18.0 Å². The van der Waals surface area contributed by atoms with Crippen LogP contribution < -0.4 is 14.4 Å². The summed E-state index contributed by atoms with van der Waals surface area (Å²) in [6, 6.07) is 11.7. The van der Waals surface area contributed by atoms with E-state index in [2.05, 4.69) is 5.32 Å². The second kappa shape index (κ2) is 11.9. The lowest BCUT2D eigenvalue weighted by molar-refractivity contribution is -0.139. The van der Waals surface area contributed by atoms with Gasteiger partial charge >= 0.3 is 0 Å². The van der Waals surface area contributed by atoms with Crippen molar-refractivity contribution >= 4 is 27.5 Å². The zero-order valence-electron chi connectivity index (χ0n) is 20.8. The first-order valence-electron chi connectivity index (χ1n) is 11.2. The van der Waals surface area contributed by atoms with Crippen LogP contribution in [0.5, 0.6) is 5.75 Å². The van der Waals surface area contributed by atoms with Crippen molar-refractivity contribution in [3.63, 3.8) is 0 Å². The highest BCUT2D eigenvalue weighted by atomic mass is 32.2. The molecule has 0 saturated heterocycles. The number of aryl methyl sites for hydroxylation is 2. The number of methoxy groups -OCH3 is 1. The fourth-order valence-corrected chi connectivity index (χ4v) is 4.28. The van der Waals surface area contributed by atoms with Gasteiger partial charge in [-0.15, -0.1) is 0 Å². The van der Waals surface area contributed by atoms with E-state index >= 15 is 0 Å². The summed E-state index contributed by atoms with van der Waals surface area (Å²) in [4.78, 5) is 27.6. The summed E-state index contributed by atoms with van der Waals surface area (Å²) >= 11 is 0. The Morgan fingerprint density at radius 2 is 1.79 bits per heavy atom. The van der Waals surface area contributed by atoms with Crippen molar-refractivity contribution in [1.82, 2.24) is 10.2 Å². The molecule has 8 nitrogen and oxygen atoms in total. The van der Waals surface area contributed by atoms with Crippen molar-refractivity contribution in [2.24, 2.45) is 0 Å². The Bertz CT molecular complexity index is 1120. The third-order valence-corrected chi connectivity index (χ3v) is 6.80. The van der Waals surface area contributed by atoms with E-state index in [0.29, 0.717) is 18.0 Å². The lowest BCUT2D eigenvalue weighted by atomic mass is 10.1. The third kappa shape index (κ3) is 7.21. The molecular formula is C25H35N3O5S. The number of amides is 2. The highest BCUT2D eigenvalue weighted by Crippen LogP contribution is 2.22. The molecule has 2 rings (SSSR count). The van der Waals surface area contributed by atoms with E-state index in [4.69, 9.17) is 4.74 Å². The van der Waals surface area contributed by atoms with Crippen LogP contribution in [0.2, 0.25) is 0 Å². The first-order chi connectivity index (χ1) is 16.0. The minimum absolute atomic E-state index is 0.126. The average molecular weight is 490 g/mol. The van der Waals surface area contributed by atoms with Gasteiger partial charge in [0.15, 0.2) is 0 Å². The highest BCUT2D eigenvalue weighted by molar-refractivity contribution is 7.92. The van der Waals surface area contributed by atoms with Gasteiger partial charge in [-0.1, -0.05) is 25.1 Å². The summed E-state index contributed by atoms with van der Waals surface area (Å²) in [5.74, 6) is -0.151. The molecule has 1 N–H and O–H groups in total. The smallest absolute Gasteiger partial charge is 0.244 e. The van der Waals surface area contributed by atoms with Crippen molar-refractivity contribution in [1.29, 1.82) is 0 Å². The van der Waals surface area contributed by atoms with Gasteiger partial charge in [0.05, 0.1) is 19.1 Å². The zero-order chi connectivity index (χ0) is 25.5. The van der Waals surface area contributed by atoms with Crippen LogP contribution in [-0.4, -0.2) is 57.6 Å². The molecule has 0 bridgehead atoms. The number of carbonyl (C=O) groups is 2. The molecule has 2 aromatic carbocycles. The number of ether oxygens (including phenoxy) is 1. The molecule has 0 saturated carbocycles. The lowest BCUT2D eigenvalue weighted by Gasteiger charge is -2.31. The van der Waals surface area contributed by atoms with Crippen molar-refractivity contribution in [3.8, 4) is 5.75 Å². The van der Waals surface area contributed by atoms with E-state index in [-0.39, 0.29) is 12.5 Å². The van der Waals surface area contributed by atoms with E-state index in [1.54, 1.807) is 44.4 Å². The zero-order valence-corrected chi connectivity index (χ0v) is 21.6. The fraction of sp³-hybridized carbons (Fsp3) is 0.440. The maximum atomic E-state index is 13.5. The molecule has 2 amide bonds. The lowest BCUT2D eigenvalue weighted by Crippen LogP contribution is -2.51. The molecule has 1 atom stereocenters. The fourth-order valence-electron chi connectivity index (χ4n) is 3.44. The minimum Gasteiger partial charge on any atom is -0.497 e. The Morgan fingerprint density at radius 1 is 1.09 bits per heavy atom. The van der Waals surface area contributed by atoms with Gasteiger partial charge in [-0.25, -0.2) is 8.42 Å². The van der Waals surface area contributed by atoms with E-state index in [1.165, 1.54) is 4.90 Å². The highest BCUT2D eigenvalue weighted by Gasteiger charge is 2.30. The summed E-state index contributed by atoms with van der Waals surface area (Å²) in [6.45, 7) is 7.60. The van der Waals surface area contributed by atoms with Gasteiger partial charge in [0, 0.05) is 13.1 Å². The van der Waals surface area contributed by atoms with Gasteiger partial charge in [-0.05, 0) is 68.1 Å². The van der Waals surface area contributed by atoms with Crippen molar-refractivity contribution in [2.75, 3.05) is 30.8 Å². The number of sulfonamides is 1. The number of carbonyl (C=O) groups excluding carboxylic acids is 2. The number of hydrogen-bond donors (Lipinski definition) is 1. The molecule has 0 unspecified atom stereocenters. The maximum Gasteiger partial charge on any atom is 0.244 e. The van der Waals surface area contributed by atoms with Gasteiger partial charge < -0.3 is 15.0 Å². The maximum absolute atomic E-state index is 13.5. The molecule has 0 radical (unpaired) electrons. The molecule has 2 aromatic rings. The van der Waals surface area contributed by atoms with Crippen molar-refractivity contribution in [2.45, 2.75) is 46.7 Å². The first kappa shape index (κ1) is 27.2. The van der Waals surface area contributed by atoms with E-state index in [0.717, 1.165) is 33.7 Å². The molecule has 34 heavy (non-hydrogen) atoms. The second-order valence-electron chi connectivity index (χ2n) is 8.38. The summed E-state index contributed by atoms with van der Waals surface area (Å²) in [5, 5.41) is 2.82.